The zero-order chi connectivity index (χ0) is 19.6. The van der Waals surface area contributed by atoms with E-state index in [1.54, 1.807) is 12.1 Å². The van der Waals surface area contributed by atoms with E-state index >= 15 is 0 Å². The highest BCUT2D eigenvalue weighted by Crippen LogP contribution is 2.45. The van der Waals surface area contributed by atoms with E-state index in [0.29, 0.717) is 28.7 Å². The molecule has 1 aliphatic rings. The minimum absolute atomic E-state index is 0.173. The van der Waals surface area contributed by atoms with Crippen molar-refractivity contribution >= 4 is 40.9 Å². The molecule has 3 N–H and O–H groups in total. The van der Waals surface area contributed by atoms with Gasteiger partial charge in [0.25, 0.3) is 6.08 Å². The number of rotatable bonds is 5. The zero-order valence-electron chi connectivity index (χ0n) is 14.2. The van der Waals surface area contributed by atoms with Crippen molar-refractivity contribution in [1.82, 2.24) is 0 Å². The summed E-state index contributed by atoms with van der Waals surface area (Å²) in [7, 11) is 0. The Kier molecular flexibility index (Phi) is 5.82. The van der Waals surface area contributed by atoms with Gasteiger partial charge in [-0.25, -0.2) is 14.6 Å². The molecule has 1 aliphatic heterocycles. The van der Waals surface area contributed by atoms with Crippen LogP contribution in [-0.2, 0) is 22.6 Å². The minimum Gasteiger partial charge on any atom is -0.480 e. The standard InChI is InChI=1S/C19H17Cl2N3O3/c20-14-7-15(21)18-13(5-11-1-3-12(9-22)4-2-11)6-17(19(26)27)24(23-10-25)16(18)8-14/h1-4,7-8,13,17H,5-6,9,22H2,(H,26,27)/t13-,17+/m0/s1. The molecule has 0 amide bonds. The molecule has 0 aromatic heterocycles. The number of nitrogens with two attached hydrogens (primary N) is 1. The number of carboxylic acids is 1. The molecule has 0 fully saturated rings. The maximum absolute atomic E-state index is 11.8. The second kappa shape index (κ2) is 8.11. The molecule has 8 heteroatoms. The predicted molar refractivity (Wildman–Crippen MR) is 104 cm³/mol. The number of carbonyl (C=O) groups excluding carboxylic acids is 1. The van der Waals surface area contributed by atoms with Gasteiger partial charge in [0.05, 0.1) is 5.69 Å². The fraction of sp³-hybridized carbons (Fsp3) is 0.263. The zero-order valence-corrected chi connectivity index (χ0v) is 15.7. The number of nitrogens with zero attached hydrogens (tertiary/aromatic N) is 2. The molecule has 0 bridgehead atoms. The summed E-state index contributed by atoms with van der Waals surface area (Å²) in [6.45, 7) is 0.455. The molecular formula is C19H17Cl2N3O3. The lowest BCUT2D eigenvalue weighted by molar-refractivity contribution is -0.139. The summed E-state index contributed by atoms with van der Waals surface area (Å²) in [6.07, 6.45) is 2.25. The van der Waals surface area contributed by atoms with Crippen molar-refractivity contribution in [2.45, 2.75) is 31.3 Å². The molecular weight excluding hydrogens is 389 g/mol. The number of hydrogen-bond acceptors (Lipinski definition) is 5. The molecule has 2 atom stereocenters. The maximum atomic E-state index is 11.8. The first-order chi connectivity index (χ1) is 12.9. The lowest BCUT2D eigenvalue weighted by Gasteiger charge is -2.37. The largest absolute Gasteiger partial charge is 0.480 e. The molecule has 0 aliphatic carbocycles. The van der Waals surface area contributed by atoms with Gasteiger partial charge in [0, 0.05) is 16.6 Å². The van der Waals surface area contributed by atoms with Crippen molar-refractivity contribution in [3.8, 4) is 0 Å². The second-order valence-electron chi connectivity index (χ2n) is 6.37. The van der Waals surface area contributed by atoms with Crippen LogP contribution in [0.1, 0.15) is 29.0 Å². The van der Waals surface area contributed by atoms with Gasteiger partial charge in [-0.2, -0.15) is 0 Å². The van der Waals surface area contributed by atoms with Crippen LogP contribution in [0.25, 0.3) is 0 Å². The number of hydrogen-bond donors (Lipinski definition) is 2. The topological polar surface area (TPSA) is 96.0 Å². The summed E-state index contributed by atoms with van der Waals surface area (Å²) in [5.74, 6) is -1.26. The van der Waals surface area contributed by atoms with Crippen LogP contribution in [0, 0.1) is 0 Å². The summed E-state index contributed by atoms with van der Waals surface area (Å²) in [4.78, 5) is 22.6. The van der Waals surface area contributed by atoms with Crippen molar-refractivity contribution < 1.29 is 14.7 Å². The van der Waals surface area contributed by atoms with Crippen molar-refractivity contribution in [3.63, 3.8) is 0 Å². The molecule has 2 aromatic carbocycles. The SMILES string of the molecule is NCc1ccc(C[C@H]2C[C@H](C(=O)O)N(N=C=O)c3cc(Cl)cc(Cl)c32)cc1. The third-order valence-electron chi connectivity index (χ3n) is 4.70. The first-order valence-corrected chi connectivity index (χ1v) is 9.06. The maximum Gasteiger partial charge on any atom is 0.328 e. The van der Waals surface area contributed by atoms with Gasteiger partial charge < -0.3 is 10.8 Å². The summed E-state index contributed by atoms with van der Waals surface area (Å²) in [5.41, 5.74) is 8.82. The minimum atomic E-state index is -1.08. The molecule has 0 saturated heterocycles. The summed E-state index contributed by atoms with van der Waals surface area (Å²) in [5, 5.41) is 15.1. The molecule has 0 saturated carbocycles. The van der Waals surface area contributed by atoms with Crippen molar-refractivity contribution in [2.24, 2.45) is 10.8 Å². The smallest absolute Gasteiger partial charge is 0.328 e. The molecule has 1 heterocycles. The molecule has 0 radical (unpaired) electrons. The summed E-state index contributed by atoms with van der Waals surface area (Å²) >= 11 is 12.5. The number of fused-ring (bicyclic) bond motifs is 1. The predicted octanol–water partition coefficient (Wildman–Crippen LogP) is 3.69. The molecule has 6 nitrogen and oxygen atoms in total. The molecule has 0 spiro atoms. The normalized spacial score (nSPS) is 18.6. The fourth-order valence-electron chi connectivity index (χ4n) is 3.47. The molecule has 0 unspecified atom stereocenters. The monoisotopic (exact) mass is 405 g/mol. The Hall–Kier alpha value is -2.37. The highest BCUT2D eigenvalue weighted by Gasteiger charge is 2.38. The number of halogens is 2. The van der Waals surface area contributed by atoms with Gasteiger partial charge in [-0.3, -0.25) is 0 Å². The van der Waals surface area contributed by atoms with Crippen LogP contribution in [0.2, 0.25) is 10.0 Å². The van der Waals surface area contributed by atoms with Crippen LogP contribution in [0.15, 0.2) is 41.5 Å². The number of anilines is 1. The quantitative estimate of drug-likeness (QED) is 0.583. The number of carbonyl (C=O) groups is 1. The van der Waals surface area contributed by atoms with E-state index in [0.717, 1.165) is 21.7 Å². The van der Waals surface area contributed by atoms with Gasteiger partial charge in [0.1, 0.15) is 0 Å². The number of isocyanates is 1. The summed E-state index contributed by atoms with van der Waals surface area (Å²) < 4.78 is 0. The van der Waals surface area contributed by atoms with E-state index in [-0.39, 0.29) is 12.3 Å². The van der Waals surface area contributed by atoms with Gasteiger partial charge in [-0.15, -0.1) is 0 Å². The highest BCUT2D eigenvalue weighted by atomic mass is 35.5. The van der Waals surface area contributed by atoms with E-state index < -0.39 is 12.0 Å². The Balaban J connectivity index is 2.07. The average molecular weight is 406 g/mol. The Morgan fingerprint density at radius 2 is 1.93 bits per heavy atom. The third-order valence-corrected chi connectivity index (χ3v) is 5.24. The van der Waals surface area contributed by atoms with Crippen molar-refractivity contribution in [1.29, 1.82) is 0 Å². The highest BCUT2D eigenvalue weighted by molar-refractivity contribution is 6.35. The average Bonchev–Trinajstić information content (AvgIpc) is 2.63. The molecule has 3 rings (SSSR count). The van der Waals surface area contributed by atoms with Crippen molar-refractivity contribution in [3.05, 3.63) is 63.1 Å². The first-order valence-electron chi connectivity index (χ1n) is 8.31. The van der Waals surface area contributed by atoms with E-state index in [2.05, 4.69) is 5.10 Å². The van der Waals surface area contributed by atoms with Crippen LogP contribution >= 0.6 is 23.2 Å². The van der Waals surface area contributed by atoms with Crippen molar-refractivity contribution in [2.75, 3.05) is 5.01 Å². The van der Waals surface area contributed by atoms with Gasteiger partial charge >= 0.3 is 5.97 Å². The van der Waals surface area contributed by atoms with Crippen LogP contribution in [0.3, 0.4) is 0 Å². The number of carboxylic acid groups (broad SMARTS) is 1. The van der Waals surface area contributed by atoms with E-state index in [4.69, 9.17) is 28.9 Å². The Bertz CT molecular complexity index is 911. The molecule has 2 aromatic rings. The Labute approximate surface area is 166 Å². The second-order valence-corrected chi connectivity index (χ2v) is 7.21. The summed E-state index contributed by atoms with van der Waals surface area (Å²) in [6, 6.07) is 10.00. The lowest BCUT2D eigenvalue weighted by atomic mass is 9.82. The van der Waals surface area contributed by atoms with Crippen LogP contribution in [0.4, 0.5) is 5.69 Å². The number of aliphatic carboxylic acids is 1. The molecule has 140 valence electrons. The lowest BCUT2D eigenvalue weighted by Crippen LogP contribution is -2.43. The van der Waals surface area contributed by atoms with Gasteiger partial charge in [-0.05, 0) is 47.6 Å². The number of benzene rings is 2. The third kappa shape index (κ3) is 3.99. The van der Waals surface area contributed by atoms with Gasteiger partial charge in [0.15, 0.2) is 6.04 Å². The number of hydrazone groups is 1. The van der Waals surface area contributed by atoms with Gasteiger partial charge in [-0.1, -0.05) is 52.6 Å². The Morgan fingerprint density at radius 3 is 2.52 bits per heavy atom. The fourth-order valence-corrected chi connectivity index (χ4v) is 4.11. The van der Waals surface area contributed by atoms with E-state index in [1.165, 1.54) is 6.08 Å². The van der Waals surface area contributed by atoms with E-state index in [9.17, 15) is 14.7 Å². The van der Waals surface area contributed by atoms with Crippen LogP contribution in [0.5, 0.6) is 0 Å². The Morgan fingerprint density at radius 1 is 1.26 bits per heavy atom. The van der Waals surface area contributed by atoms with Crippen LogP contribution < -0.4 is 10.7 Å². The first kappa shape index (κ1) is 19.4. The van der Waals surface area contributed by atoms with E-state index in [1.807, 2.05) is 24.3 Å². The molecule has 27 heavy (non-hydrogen) atoms. The van der Waals surface area contributed by atoms with Crippen LogP contribution in [-0.4, -0.2) is 23.2 Å². The van der Waals surface area contributed by atoms with Gasteiger partial charge in [0.2, 0.25) is 0 Å².